The van der Waals surface area contributed by atoms with Crippen LogP contribution in [0.2, 0.25) is 0 Å². The van der Waals surface area contributed by atoms with E-state index in [1.807, 2.05) is 0 Å². The van der Waals surface area contributed by atoms with Gasteiger partial charge in [-0.1, -0.05) is 67.2 Å². The number of carbonyl (C=O) groups is 2. The zero-order valence-electron chi connectivity index (χ0n) is 20.0. The summed E-state index contributed by atoms with van der Waals surface area (Å²) in [5.41, 5.74) is 3.02. The van der Waals surface area contributed by atoms with Crippen LogP contribution >= 0.6 is 0 Å². The summed E-state index contributed by atoms with van der Waals surface area (Å²) in [7, 11) is 0. The molecular formula is C31H23FO4. The van der Waals surface area contributed by atoms with E-state index >= 15 is 0 Å². The summed E-state index contributed by atoms with van der Waals surface area (Å²) in [5.74, 6) is 10.3. The summed E-state index contributed by atoms with van der Waals surface area (Å²) in [4.78, 5) is 23.5. The van der Waals surface area contributed by atoms with Gasteiger partial charge in [0.25, 0.3) is 0 Å². The summed E-state index contributed by atoms with van der Waals surface area (Å²) in [6.45, 7) is 10.3. The molecule has 0 aliphatic rings. The molecule has 0 N–H and O–H groups in total. The molecule has 0 aromatic heterocycles. The molecule has 3 aromatic carbocycles. The normalized spacial score (nSPS) is 9.64. The number of hydrogen-bond acceptors (Lipinski definition) is 4. The van der Waals surface area contributed by atoms with Crippen LogP contribution in [0.1, 0.15) is 41.7 Å². The van der Waals surface area contributed by atoms with E-state index < -0.39 is 17.8 Å². The molecule has 0 unspecified atom stereocenters. The lowest BCUT2D eigenvalue weighted by molar-refractivity contribution is -0.140. The third-order valence-corrected chi connectivity index (χ3v) is 4.81. The summed E-state index contributed by atoms with van der Waals surface area (Å²) >= 11 is 0. The fraction of sp³-hybridized carbons (Fsp3) is 0.0968. The van der Waals surface area contributed by atoms with E-state index in [1.54, 1.807) is 74.5 Å². The molecule has 0 saturated carbocycles. The number of ether oxygens (including phenoxy) is 2. The van der Waals surface area contributed by atoms with Crippen molar-refractivity contribution in [3.63, 3.8) is 0 Å². The Hall–Kier alpha value is -4.87. The van der Waals surface area contributed by atoms with Crippen molar-refractivity contribution in [3.8, 4) is 29.4 Å². The predicted octanol–water partition coefficient (Wildman–Crippen LogP) is 5.73. The van der Waals surface area contributed by atoms with Gasteiger partial charge in [-0.05, 0) is 50.2 Å². The second-order valence-electron chi connectivity index (χ2n) is 7.87. The van der Waals surface area contributed by atoms with Gasteiger partial charge in [-0.15, -0.1) is 0 Å². The molecule has 0 fully saturated rings. The molecule has 0 saturated heterocycles. The topological polar surface area (TPSA) is 52.6 Å². The molecule has 36 heavy (non-hydrogen) atoms. The van der Waals surface area contributed by atoms with Crippen LogP contribution in [0, 0.1) is 29.5 Å². The lowest BCUT2D eigenvalue weighted by atomic mass is 10.1. The molecule has 5 heteroatoms. The highest BCUT2D eigenvalue weighted by atomic mass is 19.1. The van der Waals surface area contributed by atoms with Gasteiger partial charge < -0.3 is 9.47 Å². The Kier molecular flexibility index (Phi) is 8.59. The van der Waals surface area contributed by atoms with Crippen LogP contribution in [0.5, 0.6) is 5.75 Å². The van der Waals surface area contributed by atoms with Crippen LogP contribution in [0.15, 0.2) is 91.0 Å². The van der Waals surface area contributed by atoms with Gasteiger partial charge >= 0.3 is 11.9 Å². The van der Waals surface area contributed by atoms with Crippen molar-refractivity contribution in [2.75, 3.05) is 0 Å². The third kappa shape index (κ3) is 7.06. The van der Waals surface area contributed by atoms with Gasteiger partial charge in [-0.25, -0.2) is 14.0 Å². The third-order valence-electron chi connectivity index (χ3n) is 4.81. The quantitative estimate of drug-likeness (QED) is 0.204. The van der Waals surface area contributed by atoms with Crippen molar-refractivity contribution in [2.24, 2.45) is 0 Å². The number of esters is 2. The summed E-state index contributed by atoms with van der Waals surface area (Å²) in [6.07, 6.45) is 0. The Labute approximate surface area is 210 Å². The molecule has 4 nitrogen and oxygen atoms in total. The number of carbonyl (C=O) groups excluding carboxylic acids is 2. The van der Waals surface area contributed by atoms with E-state index in [0.717, 1.165) is 0 Å². The average molecular weight is 479 g/mol. The second-order valence-corrected chi connectivity index (χ2v) is 7.87. The number of halogens is 1. The van der Waals surface area contributed by atoms with Gasteiger partial charge in [0, 0.05) is 27.8 Å². The van der Waals surface area contributed by atoms with Crippen LogP contribution in [0.3, 0.4) is 0 Å². The van der Waals surface area contributed by atoms with Crippen LogP contribution in [-0.4, -0.2) is 11.9 Å². The van der Waals surface area contributed by atoms with E-state index in [4.69, 9.17) is 9.47 Å². The van der Waals surface area contributed by atoms with Crippen molar-refractivity contribution < 1.29 is 23.5 Å². The molecule has 0 spiro atoms. The van der Waals surface area contributed by atoms with Gasteiger partial charge in [-0.3, -0.25) is 0 Å². The molecule has 0 heterocycles. The lowest BCUT2D eigenvalue weighted by Crippen LogP contribution is -2.09. The number of benzene rings is 3. The summed E-state index contributed by atoms with van der Waals surface area (Å²) in [6, 6.07) is 18.5. The predicted molar refractivity (Wildman–Crippen MR) is 136 cm³/mol. The minimum absolute atomic E-state index is 0.0384. The SMILES string of the molecule is C=C(C)C(=O)OCc1ccccc1C#Cc1ccc(C#Cc2ccccc2OC(=O)C(=C)C)cc1F. The minimum atomic E-state index is -0.547. The van der Waals surface area contributed by atoms with Crippen molar-refractivity contribution in [3.05, 3.63) is 125 Å². The molecule has 0 bridgehead atoms. The summed E-state index contributed by atoms with van der Waals surface area (Å²) < 4.78 is 25.2. The molecule has 0 radical (unpaired) electrons. The Morgan fingerprint density at radius 1 is 0.778 bits per heavy atom. The van der Waals surface area contributed by atoms with Crippen LogP contribution in [0.4, 0.5) is 4.39 Å². The first kappa shape index (κ1) is 25.7. The number of rotatable bonds is 5. The van der Waals surface area contributed by atoms with Crippen LogP contribution < -0.4 is 4.74 Å². The van der Waals surface area contributed by atoms with E-state index in [2.05, 4.69) is 36.8 Å². The fourth-order valence-corrected chi connectivity index (χ4v) is 2.85. The Balaban J connectivity index is 1.79. The smallest absolute Gasteiger partial charge is 0.338 e. The number of para-hydroxylation sites is 1. The second kappa shape index (κ2) is 12.0. The first-order valence-electron chi connectivity index (χ1n) is 11.0. The molecule has 178 valence electrons. The maximum atomic E-state index is 14.7. The van der Waals surface area contributed by atoms with E-state index in [1.165, 1.54) is 6.07 Å². The highest BCUT2D eigenvalue weighted by Crippen LogP contribution is 2.18. The Morgan fingerprint density at radius 2 is 1.39 bits per heavy atom. The molecule has 0 atom stereocenters. The van der Waals surface area contributed by atoms with Crippen molar-refractivity contribution in [1.82, 2.24) is 0 Å². The molecule has 0 aliphatic carbocycles. The number of hydrogen-bond donors (Lipinski definition) is 0. The highest BCUT2D eigenvalue weighted by molar-refractivity contribution is 5.89. The van der Waals surface area contributed by atoms with E-state index in [-0.39, 0.29) is 17.7 Å². The zero-order chi connectivity index (χ0) is 26.1. The minimum Gasteiger partial charge on any atom is -0.457 e. The molecule has 0 amide bonds. The first-order valence-corrected chi connectivity index (χ1v) is 11.0. The van der Waals surface area contributed by atoms with Gasteiger partial charge in [-0.2, -0.15) is 0 Å². The van der Waals surface area contributed by atoms with Crippen molar-refractivity contribution in [1.29, 1.82) is 0 Å². The largest absolute Gasteiger partial charge is 0.457 e. The average Bonchev–Trinajstić information content (AvgIpc) is 2.86. The monoisotopic (exact) mass is 478 g/mol. The van der Waals surface area contributed by atoms with Crippen molar-refractivity contribution in [2.45, 2.75) is 20.5 Å². The van der Waals surface area contributed by atoms with Crippen LogP contribution in [0.25, 0.3) is 0 Å². The van der Waals surface area contributed by atoms with E-state index in [9.17, 15) is 14.0 Å². The maximum absolute atomic E-state index is 14.7. The lowest BCUT2D eigenvalue weighted by Gasteiger charge is -2.06. The first-order chi connectivity index (χ1) is 17.2. The standard InChI is InChI=1S/C31H23FO4/c1-21(2)30(33)35-20-27-11-6-5-9-24(27)17-18-25-15-13-23(19-28(25)32)14-16-26-10-7-8-12-29(26)36-31(34)22(3)4/h5-13,15,19H,1,3,20H2,2,4H3. The fourth-order valence-electron chi connectivity index (χ4n) is 2.85. The summed E-state index contributed by atoms with van der Waals surface area (Å²) in [5, 5.41) is 0. The van der Waals surface area contributed by atoms with Crippen molar-refractivity contribution >= 4 is 11.9 Å². The zero-order valence-corrected chi connectivity index (χ0v) is 20.0. The molecule has 0 aliphatic heterocycles. The molecule has 3 aromatic rings. The van der Waals surface area contributed by atoms with Gasteiger partial charge in [0.1, 0.15) is 18.2 Å². The Bertz CT molecular complexity index is 1480. The van der Waals surface area contributed by atoms with Gasteiger partial charge in [0.15, 0.2) is 0 Å². The Morgan fingerprint density at radius 3 is 2.08 bits per heavy atom. The van der Waals surface area contributed by atoms with Gasteiger partial charge in [0.05, 0.1) is 11.1 Å². The highest BCUT2D eigenvalue weighted by Gasteiger charge is 2.09. The van der Waals surface area contributed by atoms with Gasteiger partial charge in [0.2, 0.25) is 0 Å². The molecule has 3 rings (SSSR count). The molecular weight excluding hydrogens is 455 g/mol. The van der Waals surface area contributed by atoms with Crippen LogP contribution in [-0.2, 0) is 20.9 Å². The van der Waals surface area contributed by atoms with E-state index in [0.29, 0.717) is 33.6 Å². The maximum Gasteiger partial charge on any atom is 0.338 e.